The van der Waals surface area contributed by atoms with Crippen LogP contribution in [0.1, 0.15) is 87.5 Å². The van der Waals surface area contributed by atoms with Gasteiger partial charge in [0.15, 0.2) is 0 Å². The van der Waals surface area contributed by atoms with Crippen LogP contribution in [-0.2, 0) is 31.4 Å². The van der Waals surface area contributed by atoms with E-state index in [2.05, 4.69) is 82.8 Å². The second-order valence-corrected chi connectivity index (χ2v) is 20.5. The highest BCUT2D eigenvalue weighted by molar-refractivity contribution is 5.84. The number of nitrogens with zero attached hydrogens (tertiary/aromatic N) is 6. The minimum atomic E-state index is -4.82. The van der Waals surface area contributed by atoms with Gasteiger partial charge in [0.25, 0.3) is 17.3 Å². The number of amides is 2. The Morgan fingerprint density at radius 1 is 0.566 bits per heavy atom. The number of benzene rings is 4. The van der Waals surface area contributed by atoms with E-state index in [0.29, 0.717) is 77.5 Å². The Bertz CT molecular complexity index is 2620. The summed E-state index contributed by atoms with van der Waals surface area (Å²) >= 11 is 0. The first-order valence-electron chi connectivity index (χ1n) is 25.7. The first-order valence-corrected chi connectivity index (χ1v) is 25.7. The molecule has 76 heavy (non-hydrogen) atoms. The third-order valence-corrected chi connectivity index (χ3v) is 14.5. The fourth-order valence-electron chi connectivity index (χ4n) is 10.2. The van der Waals surface area contributed by atoms with Crippen molar-refractivity contribution in [2.75, 3.05) is 79.4 Å². The van der Waals surface area contributed by atoms with Crippen molar-refractivity contribution in [1.82, 2.24) is 9.80 Å². The van der Waals surface area contributed by atoms with Crippen molar-refractivity contribution in [3.8, 4) is 0 Å². The summed E-state index contributed by atoms with van der Waals surface area (Å²) in [6, 6.07) is 22.5. The first kappa shape index (κ1) is 57.0. The molecule has 16 nitrogen and oxygen atoms in total. The Labute approximate surface area is 438 Å². The zero-order valence-electron chi connectivity index (χ0n) is 43.1. The summed E-state index contributed by atoms with van der Waals surface area (Å²) in [4.78, 5) is 54.1. The molecule has 0 radical (unpaired) electrons. The summed E-state index contributed by atoms with van der Waals surface area (Å²) in [6.45, 7) is 13.3. The number of rotatable bonds is 14. The number of anilines is 4. The maximum Gasteiger partial charge on any atom is 0.423 e. The number of nitro groups is 2. The van der Waals surface area contributed by atoms with E-state index in [4.69, 9.17) is 9.47 Å². The molecule has 2 saturated carbocycles. The van der Waals surface area contributed by atoms with Crippen molar-refractivity contribution >= 4 is 45.9 Å². The van der Waals surface area contributed by atoms with Crippen molar-refractivity contribution in [2.45, 2.75) is 121 Å². The molecule has 0 unspecified atom stereocenters. The van der Waals surface area contributed by atoms with Crippen LogP contribution in [0.15, 0.2) is 84.9 Å². The Morgan fingerprint density at radius 3 is 1.33 bits per heavy atom. The zero-order valence-corrected chi connectivity index (χ0v) is 43.1. The predicted molar refractivity (Wildman–Crippen MR) is 277 cm³/mol. The highest BCUT2D eigenvalue weighted by atomic mass is 19.4. The van der Waals surface area contributed by atoms with Gasteiger partial charge in [-0.25, -0.2) is 0 Å². The highest BCUT2D eigenvalue weighted by Crippen LogP contribution is 2.40. The number of alkyl halides is 6. The summed E-state index contributed by atoms with van der Waals surface area (Å²) in [5, 5.41) is 28.1. The van der Waals surface area contributed by atoms with Gasteiger partial charge in [-0.2, -0.15) is 26.3 Å². The maximum absolute atomic E-state index is 13.3. The predicted octanol–water partition coefficient (Wildman–Crippen LogP) is 10.8. The van der Waals surface area contributed by atoms with Crippen LogP contribution in [0.2, 0.25) is 0 Å². The summed E-state index contributed by atoms with van der Waals surface area (Å²) < 4.78 is 91.7. The number of ether oxygens (including phenoxy) is 2. The van der Waals surface area contributed by atoms with E-state index in [1.807, 2.05) is 9.80 Å². The minimum absolute atomic E-state index is 0.0184. The van der Waals surface area contributed by atoms with Gasteiger partial charge in [0.2, 0.25) is 5.91 Å². The van der Waals surface area contributed by atoms with Crippen molar-refractivity contribution < 1.29 is 55.3 Å². The van der Waals surface area contributed by atoms with Gasteiger partial charge in [-0.05, 0) is 128 Å². The van der Waals surface area contributed by atoms with Crippen molar-refractivity contribution in [2.24, 2.45) is 0 Å². The molecular weight excluding hydrogens is 1000 g/mol. The summed E-state index contributed by atoms with van der Waals surface area (Å²) in [6.07, 6.45) is -4.62. The number of carbonyl (C=O) groups excluding carboxylic acids is 2. The molecule has 0 atom stereocenters. The molecule has 22 heteroatoms. The van der Waals surface area contributed by atoms with E-state index >= 15 is 0 Å². The second kappa shape index (κ2) is 24.5. The third-order valence-electron chi connectivity index (χ3n) is 14.5. The minimum Gasteiger partial charge on any atom is -0.382 e. The van der Waals surface area contributed by atoms with E-state index in [0.717, 1.165) is 61.8 Å². The highest BCUT2D eigenvalue weighted by Gasteiger charge is 2.41. The normalized spacial score (nSPS) is 20.6. The van der Waals surface area contributed by atoms with Gasteiger partial charge in [0.05, 0.1) is 22.1 Å². The van der Waals surface area contributed by atoms with E-state index in [1.54, 1.807) is 13.8 Å². The summed E-state index contributed by atoms with van der Waals surface area (Å²) in [5.41, 5.74) is -0.340. The SMILES string of the molecule is Cc1ccc(N2CCN(C(=O)C(C)(C)OC3CCC(Nc4ccc([N+](=O)[O-])c(C(F)(F)F)c4)CC3)CC2)cc1.Cc1ccc(N2CCN(C(=O)COC3CCC(Nc4ccc([N+](=O)[O-])c(C(F)(F)F)c4)CC3)CC2)cc1. The van der Waals surface area contributed by atoms with Crippen molar-refractivity contribution in [1.29, 1.82) is 0 Å². The van der Waals surface area contributed by atoms with E-state index in [1.165, 1.54) is 23.3 Å². The van der Waals surface area contributed by atoms with Crippen LogP contribution in [0, 0.1) is 34.1 Å². The van der Waals surface area contributed by atoms with Gasteiger partial charge in [-0.15, -0.1) is 0 Å². The van der Waals surface area contributed by atoms with Crippen LogP contribution in [0.4, 0.5) is 60.5 Å². The molecule has 2 aliphatic heterocycles. The van der Waals surface area contributed by atoms with Crippen molar-refractivity contribution in [3.63, 3.8) is 0 Å². The van der Waals surface area contributed by atoms with Crippen LogP contribution >= 0.6 is 0 Å². The fraction of sp³-hybridized carbons (Fsp3) is 0.519. The molecule has 4 aromatic carbocycles. The van der Waals surface area contributed by atoms with Crippen LogP contribution in [-0.4, -0.2) is 120 Å². The molecule has 4 aromatic rings. The number of piperazine rings is 2. The number of carbonyl (C=O) groups is 2. The number of hydrogen-bond acceptors (Lipinski definition) is 12. The lowest BCUT2D eigenvalue weighted by Gasteiger charge is -2.41. The molecule has 412 valence electrons. The average Bonchev–Trinajstić information content (AvgIpc) is 3.39. The van der Waals surface area contributed by atoms with Crippen molar-refractivity contribution in [3.05, 3.63) is 127 Å². The first-order chi connectivity index (χ1) is 35.9. The molecule has 0 spiro atoms. The molecule has 4 fully saturated rings. The average molecular weight is 1070 g/mol. The quantitative estimate of drug-likeness (QED) is 0.0695. The lowest BCUT2D eigenvalue weighted by Crippen LogP contribution is -2.55. The zero-order chi connectivity index (χ0) is 55.0. The molecule has 4 aliphatic rings. The molecule has 2 N–H and O–H groups in total. The largest absolute Gasteiger partial charge is 0.423 e. The van der Waals surface area contributed by atoms with E-state index in [-0.39, 0.29) is 54.1 Å². The van der Waals surface area contributed by atoms with Crippen LogP contribution in [0.3, 0.4) is 0 Å². The Morgan fingerprint density at radius 2 is 0.947 bits per heavy atom. The van der Waals surface area contributed by atoms with Crippen LogP contribution in [0.25, 0.3) is 0 Å². The lowest BCUT2D eigenvalue weighted by atomic mass is 9.92. The van der Waals surface area contributed by atoms with E-state index in [9.17, 15) is 56.2 Å². The molecule has 2 aliphatic carbocycles. The Balaban J connectivity index is 0.000000221. The second-order valence-electron chi connectivity index (χ2n) is 20.5. The third kappa shape index (κ3) is 15.3. The molecule has 0 aromatic heterocycles. The monoisotopic (exact) mass is 1070 g/mol. The number of nitro benzene ring substituents is 2. The van der Waals surface area contributed by atoms with Crippen LogP contribution in [0.5, 0.6) is 0 Å². The molecular formula is C54H66F6N8O8. The molecule has 0 bridgehead atoms. The summed E-state index contributed by atoms with van der Waals surface area (Å²) in [5.74, 6) is -0.0776. The molecule has 2 heterocycles. The van der Waals surface area contributed by atoms with Gasteiger partial charge >= 0.3 is 12.4 Å². The summed E-state index contributed by atoms with van der Waals surface area (Å²) in [7, 11) is 0. The lowest BCUT2D eigenvalue weighted by molar-refractivity contribution is -0.388. The number of hydrogen-bond donors (Lipinski definition) is 2. The molecule has 2 amide bonds. The molecule has 2 saturated heterocycles. The van der Waals surface area contributed by atoms with E-state index < -0.39 is 50.3 Å². The Hall–Kier alpha value is -6.68. The van der Waals surface area contributed by atoms with Gasteiger partial charge in [-0.1, -0.05) is 35.4 Å². The van der Waals surface area contributed by atoms with Crippen LogP contribution < -0.4 is 20.4 Å². The number of aryl methyl sites for hydroxylation is 2. The van der Waals surface area contributed by atoms with Gasteiger partial charge in [0.1, 0.15) is 23.3 Å². The van der Waals surface area contributed by atoms with Gasteiger partial charge in [0, 0.05) is 99.3 Å². The van der Waals surface area contributed by atoms with Gasteiger partial charge < -0.3 is 39.7 Å². The maximum atomic E-state index is 13.3. The topological polar surface area (TPSA) is 176 Å². The fourth-order valence-corrected chi connectivity index (χ4v) is 10.2. The smallest absolute Gasteiger partial charge is 0.382 e. The molecule has 8 rings (SSSR count). The number of halogens is 6. The van der Waals surface area contributed by atoms with Gasteiger partial charge in [-0.3, -0.25) is 29.8 Å². The Kier molecular flexibility index (Phi) is 18.4. The standard InChI is InChI=1S/C28H35F3N4O4.C26H31F3N4O4/c1-19-4-9-22(10-5-19)33-14-16-34(17-15-33)26(36)27(2,3)39-23-11-6-20(7-12-23)32-21-8-13-25(35(37)38)24(18-21)28(29,30)31;1-18-2-7-21(8-3-18)31-12-14-32(15-13-31)25(34)17-37-22-9-4-19(5-10-22)30-20-6-11-24(33(35)36)23(16-20)26(27,28)29/h4-5,8-10,13,18,20,23,32H,6-7,11-12,14-17H2,1-3H3;2-3,6-8,11,16,19,22,30H,4-5,9-10,12-15,17H2,1H3. The number of nitrogens with one attached hydrogen (secondary N) is 2.